The molecule has 0 aliphatic carbocycles. The van der Waals surface area contributed by atoms with Gasteiger partial charge in [0.05, 0.1) is 32.8 Å². The number of guanidine groups is 1. The Balaban J connectivity index is 1.55. The minimum absolute atomic E-state index is 0.0236. The van der Waals surface area contributed by atoms with Gasteiger partial charge in [-0.1, -0.05) is 12.1 Å². The number of carbonyl (C=O) groups is 2. The van der Waals surface area contributed by atoms with E-state index in [9.17, 15) is 9.59 Å². The van der Waals surface area contributed by atoms with Crippen molar-refractivity contribution >= 4 is 23.6 Å². The third kappa shape index (κ3) is 7.11. The van der Waals surface area contributed by atoms with Crippen LogP contribution < -0.4 is 15.5 Å². The van der Waals surface area contributed by atoms with Gasteiger partial charge in [-0.2, -0.15) is 0 Å². The number of amides is 2. The fourth-order valence-electron chi connectivity index (χ4n) is 3.23. The maximum atomic E-state index is 11.9. The van der Waals surface area contributed by atoms with Gasteiger partial charge in [-0.25, -0.2) is 9.79 Å². The zero-order valence-corrected chi connectivity index (χ0v) is 18.3. The van der Waals surface area contributed by atoms with Gasteiger partial charge in [0.2, 0.25) is 5.91 Å². The van der Waals surface area contributed by atoms with E-state index < -0.39 is 0 Å². The Hall–Kier alpha value is -2.85. The molecular weight excluding hydrogens is 400 g/mol. The number of benzene rings is 1. The van der Waals surface area contributed by atoms with E-state index in [1.165, 1.54) is 0 Å². The van der Waals surface area contributed by atoms with Gasteiger partial charge in [-0.15, -0.1) is 0 Å². The second-order valence-corrected chi connectivity index (χ2v) is 7.62. The molecule has 0 radical (unpaired) electrons. The summed E-state index contributed by atoms with van der Waals surface area (Å²) in [6.45, 7) is 6.60. The SMILES string of the molecule is CN(C)C(=O)CNC(=NCc1ccc(N2CCOC2=O)cc1)NCCN1CCOCC1. The topological polar surface area (TPSA) is 98.7 Å². The molecule has 10 heteroatoms. The summed E-state index contributed by atoms with van der Waals surface area (Å²) in [4.78, 5) is 33.7. The van der Waals surface area contributed by atoms with Crippen molar-refractivity contribution in [1.82, 2.24) is 20.4 Å². The molecule has 0 bridgehead atoms. The molecule has 0 spiro atoms. The third-order valence-corrected chi connectivity index (χ3v) is 5.16. The van der Waals surface area contributed by atoms with Gasteiger partial charge in [-0.3, -0.25) is 14.6 Å². The number of hydrogen-bond acceptors (Lipinski definition) is 6. The molecule has 10 nitrogen and oxygen atoms in total. The van der Waals surface area contributed by atoms with E-state index >= 15 is 0 Å². The van der Waals surface area contributed by atoms with E-state index in [4.69, 9.17) is 9.47 Å². The van der Waals surface area contributed by atoms with E-state index in [1.54, 1.807) is 23.9 Å². The molecule has 3 rings (SSSR count). The van der Waals surface area contributed by atoms with Crippen molar-refractivity contribution in [2.45, 2.75) is 6.54 Å². The van der Waals surface area contributed by atoms with Gasteiger partial charge in [0.25, 0.3) is 0 Å². The fourth-order valence-corrected chi connectivity index (χ4v) is 3.23. The smallest absolute Gasteiger partial charge is 0.414 e. The van der Waals surface area contributed by atoms with E-state index in [0.717, 1.165) is 50.6 Å². The molecule has 2 N–H and O–H groups in total. The van der Waals surface area contributed by atoms with Crippen LogP contribution in [0.3, 0.4) is 0 Å². The average molecular weight is 433 g/mol. The van der Waals surface area contributed by atoms with Crippen molar-refractivity contribution < 1.29 is 19.1 Å². The fraction of sp³-hybridized carbons (Fsp3) is 0.571. The Morgan fingerprint density at radius 1 is 1.10 bits per heavy atom. The van der Waals surface area contributed by atoms with Crippen LogP contribution in [-0.2, 0) is 20.8 Å². The summed E-state index contributed by atoms with van der Waals surface area (Å²) in [5.74, 6) is 0.570. The monoisotopic (exact) mass is 432 g/mol. The predicted octanol–water partition coefficient (Wildman–Crippen LogP) is 0.0988. The zero-order chi connectivity index (χ0) is 22.1. The maximum Gasteiger partial charge on any atom is 0.414 e. The quantitative estimate of drug-likeness (QED) is 0.444. The lowest BCUT2D eigenvalue weighted by Crippen LogP contribution is -2.46. The van der Waals surface area contributed by atoms with Crippen LogP contribution in [0.4, 0.5) is 10.5 Å². The third-order valence-electron chi connectivity index (χ3n) is 5.16. The van der Waals surface area contributed by atoms with Crippen molar-refractivity contribution in [3.63, 3.8) is 0 Å². The average Bonchev–Trinajstić information content (AvgIpc) is 3.21. The molecule has 1 aromatic rings. The van der Waals surface area contributed by atoms with Crippen molar-refractivity contribution in [2.24, 2.45) is 4.99 Å². The molecular formula is C21H32N6O4. The summed E-state index contributed by atoms with van der Waals surface area (Å²) in [6, 6.07) is 7.68. The summed E-state index contributed by atoms with van der Waals surface area (Å²) < 4.78 is 10.4. The summed E-state index contributed by atoms with van der Waals surface area (Å²) in [5.41, 5.74) is 1.82. The van der Waals surface area contributed by atoms with E-state index in [2.05, 4.69) is 20.5 Å². The highest BCUT2D eigenvalue weighted by molar-refractivity contribution is 5.89. The van der Waals surface area contributed by atoms with Crippen LogP contribution >= 0.6 is 0 Å². The molecule has 0 atom stereocenters. The summed E-state index contributed by atoms with van der Waals surface area (Å²) in [5, 5.41) is 6.42. The summed E-state index contributed by atoms with van der Waals surface area (Å²) in [7, 11) is 3.45. The van der Waals surface area contributed by atoms with Crippen molar-refractivity contribution in [1.29, 1.82) is 0 Å². The first kappa shape index (κ1) is 22.8. The zero-order valence-electron chi connectivity index (χ0n) is 18.3. The minimum atomic E-state index is -0.313. The molecule has 2 heterocycles. The van der Waals surface area contributed by atoms with Crippen LogP contribution in [0.1, 0.15) is 5.56 Å². The molecule has 2 fully saturated rings. The molecule has 0 aromatic heterocycles. The lowest BCUT2D eigenvalue weighted by molar-refractivity contribution is -0.127. The minimum Gasteiger partial charge on any atom is -0.447 e. The molecule has 0 saturated carbocycles. The number of aliphatic imine (C=N–C) groups is 1. The van der Waals surface area contributed by atoms with Crippen LogP contribution in [0.2, 0.25) is 0 Å². The van der Waals surface area contributed by atoms with Gasteiger partial charge < -0.3 is 25.0 Å². The second kappa shape index (κ2) is 11.5. The molecule has 1 aromatic carbocycles. The van der Waals surface area contributed by atoms with Gasteiger partial charge >= 0.3 is 6.09 Å². The number of nitrogens with one attached hydrogen (secondary N) is 2. The molecule has 2 aliphatic heterocycles. The van der Waals surface area contributed by atoms with Crippen LogP contribution in [0.15, 0.2) is 29.3 Å². The standard InChI is InChI=1S/C21H32N6O4/c1-25(2)19(28)16-24-20(22-7-8-26-9-12-30-13-10-26)23-15-17-3-5-18(6-4-17)27-11-14-31-21(27)29/h3-6H,7-16H2,1-2H3,(H2,22,23,24). The number of anilines is 1. The number of ether oxygens (including phenoxy) is 2. The van der Waals surface area contributed by atoms with Crippen molar-refractivity contribution in [3.8, 4) is 0 Å². The van der Waals surface area contributed by atoms with Gasteiger partial charge in [0.1, 0.15) is 6.61 Å². The number of rotatable bonds is 8. The summed E-state index contributed by atoms with van der Waals surface area (Å²) in [6.07, 6.45) is -0.313. The number of carbonyl (C=O) groups excluding carboxylic acids is 2. The van der Waals surface area contributed by atoms with Gasteiger partial charge in [0.15, 0.2) is 5.96 Å². The van der Waals surface area contributed by atoms with Crippen molar-refractivity contribution in [2.75, 3.05) is 78.1 Å². The normalized spacial score (nSPS) is 17.4. The Labute approximate surface area is 183 Å². The Kier molecular flexibility index (Phi) is 8.48. The van der Waals surface area contributed by atoms with Gasteiger partial charge in [0, 0.05) is 46.0 Å². The number of cyclic esters (lactones) is 1. The largest absolute Gasteiger partial charge is 0.447 e. The first-order valence-corrected chi connectivity index (χ1v) is 10.6. The molecule has 2 saturated heterocycles. The number of likely N-dealkylation sites (N-methyl/N-ethyl adjacent to an activating group) is 1. The maximum absolute atomic E-state index is 11.9. The highest BCUT2D eigenvalue weighted by atomic mass is 16.6. The lowest BCUT2D eigenvalue weighted by Gasteiger charge is -2.26. The highest BCUT2D eigenvalue weighted by Crippen LogP contribution is 2.19. The van der Waals surface area contributed by atoms with E-state index in [1.807, 2.05) is 24.3 Å². The van der Waals surface area contributed by atoms with Gasteiger partial charge in [-0.05, 0) is 17.7 Å². The molecule has 2 aliphatic rings. The summed E-state index contributed by atoms with van der Waals surface area (Å²) >= 11 is 0. The van der Waals surface area contributed by atoms with Crippen LogP contribution in [0, 0.1) is 0 Å². The molecule has 0 unspecified atom stereocenters. The molecule has 170 valence electrons. The molecule has 31 heavy (non-hydrogen) atoms. The Morgan fingerprint density at radius 2 is 1.84 bits per heavy atom. The van der Waals surface area contributed by atoms with Crippen molar-refractivity contribution in [3.05, 3.63) is 29.8 Å². The first-order chi connectivity index (χ1) is 15.0. The Bertz CT molecular complexity index is 762. The second-order valence-electron chi connectivity index (χ2n) is 7.62. The Morgan fingerprint density at radius 3 is 2.48 bits per heavy atom. The van der Waals surface area contributed by atoms with Crippen LogP contribution in [0.5, 0.6) is 0 Å². The van der Waals surface area contributed by atoms with Crippen LogP contribution in [-0.4, -0.2) is 101 Å². The number of morpholine rings is 1. The number of nitrogens with zero attached hydrogens (tertiary/aromatic N) is 4. The van der Waals surface area contributed by atoms with Crippen LogP contribution in [0.25, 0.3) is 0 Å². The highest BCUT2D eigenvalue weighted by Gasteiger charge is 2.23. The van der Waals surface area contributed by atoms with E-state index in [0.29, 0.717) is 25.7 Å². The lowest BCUT2D eigenvalue weighted by atomic mass is 10.2. The first-order valence-electron chi connectivity index (χ1n) is 10.6. The molecule has 2 amide bonds. The number of hydrogen-bond donors (Lipinski definition) is 2. The van der Waals surface area contributed by atoms with E-state index in [-0.39, 0.29) is 18.5 Å². The predicted molar refractivity (Wildman–Crippen MR) is 118 cm³/mol.